The van der Waals surface area contributed by atoms with Crippen molar-refractivity contribution in [2.75, 3.05) is 5.73 Å². The number of alkyl halides is 1. The maximum absolute atomic E-state index is 10.7. The minimum absolute atomic E-state index is 0. The first-order chi connectivity index (χ1) is 27.9. The average molecular weight is 1630 g/mol. The van der Waals surface area contributed by atoms with Crippen LogP contribution in [0.3, 0.4) is 0 Å². The summed E-state index contributed by atoms with van der Waals surface area (Å²) in [4.78, 5) is 20.9. The molecule has 0 aliphatic heterocycles. The average Bonchev–Trinajstić information content (AvgIpc) is 3.21. The Morgan fingerprint density at radius 1 is 0.617 bits per heavy atom. The zero-order chi connectivity index (χ0) is 44.4. The molecule has 60 heavy (non-hydrogen) atoms. The van der Waals surface area contributed by atoms with E-state index in [1.165, 1.54) is 51.0 Å². The lowest BCUT2D eigenvalue weighted by molar-refractivity contribution is 0.111. The summed E-state index contributed by atoms with van der Waals surface area (Å²) in [5, 5.41) is 28.7. The SMILES string of the molecule is BrCc1cccc(I)c1Br.Cc1cccc(I)c1Br.Cc1cccc(N)c1Br.I.O=Cc1cc(Cl)c(O)cc1O.O=Cc1cc(Cl)c(OCc2cccc(I)c2Br)cc1O. The highest BCUT2D eigenvalue weighted by molar-refractivity contribution is 14.1. The highest BCUT2D eigenvalue weighted by Gasteiger charge is 2.11. The molecule has 0 bridgehead atoms. The number of carbonyl (C=O) groups excluding carboxylic acids is 2. The molecule has 0 aromatic heterocycles. The van der Waals surface area contributed by atoms with E-state index in [-0.39, 0.29) is 62.4 Å². The summed E-state index contributed by atoms with van der Waals surface area (Å²) in [5.74, 6) is -0.335. The van der Waals surface area contributed by atoms with Gasteiger partial charge in [0.15, 0.2) is 12.6 Å². The van der Waals surface area contributed by atoms with Crippen molar-refractivity contribution in [3.05, 3.63) is 169 Å². The van der Waals surface area contributed by atoms with Crippen LogP contribution in [-0.4, -0.2) is 27.9 Å². The number of ether oxygens (including phenoxy) is 1. The second kappa shape index (κ2) is 29.9. The van der Waals surface area contributed by atoms with Crippen molar-refractivity contribution in [2.45, 2.75) is 25.8 Å². The Morgan fingerprint density at radius 2 is 1.05 bits per heavy atom. The monoisotopic (exact) mass is 1620 g/mol. The van der Waals surface area contributed by atoms with Gasteiger partial charge in [-0.2, -0.15) is 0 Å². The van der Waals surface area contributed by atoms with Gasteiger partial charge in [-0.3, -0.25) is 9.59 Å². The quantitative estimate of drug-likeness (QED) is 0.0566. The number of rotatable bonds is 6. The molecule has 18 heteroatoms. The first-order valence-corrected chi connectivity index (χ1v) is 24.7. The van der Waals surface area contributed by atoms with Crippen molar-refractivity contribution in [1.29, 1.82) is 0 Å². The number of hydrogen-bond acceptors (Lipinski definition) is 7. The van der Waals surface area contributed by atoms with Crippen molar-refractivity contribution >= 4 is 213 Å². The summed E-state index contributed by atoms with van der Waals surface area (Å²) in [7, 11) is 0. The first-order valence-electron chi connectivity index (χ1n) is 16.5. The Hall–Kier alpha value is -0.440. The molecule has 0 saturated heterocycles. The molecule has 320 valence electrons. The summed E-state index contributed by atoms with van der Waals surface area (Å²) in [5.41, 5.74) is 11.3. The van der Waals surface area contributed by atoms with Crippen molar-refractivity contribution in [1.82, 2.24) is 0 Å². The number of aldehydes is 2. The van der Waals surface area contributed by atoms with Crippen LogP contribution in [-0.2, 0) is 11.9 Å². The smallest absolute Gasteiger partial charge is 0.153 e. The minimum Gasteiger partial charge on any atom is -0.507 e. The van der Waals surface area contributed by atoms with Gasteiger partial charge < -0.3 is 25.8 Å². The molecule has 0 fully saturated rings. The van der Waals surface area contributed by atoms with Gasteiger partial charge in [0.05, 0.1) is 21.2 Å². The fourth-order valence-corrected chi connectivity index (χ4v) is 8.47. The molecule has 0 radical (unpaired) electrons. The third-order valence-electron chi connectivity index (χ3n) is 7.39. The summed E-state index contributed by atoms with van der Waals surface area (Å²) in [6.45, 7) is 4.41. The lowest BCUT2D eigenvalue weighted by Gasteiger charge is -2.11. The zero-order valence-electron chi connectivity index (χ0n) is 31.1. The van der Waals surface area contributed by atoms with Crippen molar-refractivity contribution in [3.63, 3.8) is 0 Å². The second-order valence-corrected chi connectivity index (χ2v) is 19.7. The Labute approximate surface area is 459 Å². The summed E-state index contributed by atoms with van der Waals surface area (Å²) < 4.78 is 13.6. The van der Waals surface area contributed by atoms with E-state index in [2.05, 4.69) is 191 Å². The van der Waals surface area contributed by atoms with E-state index in [0.29, 0.717) is 24.9 Å². The van der Waals surface area contributed by atoms with Crippen LogP contribution in [0.2, 0.25) is 10.0 Å². The third-order valence-corrected chi connectivity index (χ3v) is 17.5. The maximum atomic E-state index is 10.7. The fourth-order valence-electron chi connectivity index (χ4n) is 4.17. The van der Waals surface area contributed by atoms with Crippen molar-refractivity contribution in [2.24, 2.45) is 0 Å². The predicted molar refractivity (Wildman–Crippen MR) is 300 cm³/mol. The van der Waals surface area contributed by atoms with Crippen LogP contribution in [0.4, 0.5) is 5.69 Å². The van der Waals surface area contributed by atoms with Crippen molar-refractivity contribution in [3.8, 4) is 23.0 Å². The molecular formula is C42H34Br5Cl2I4NO6. The number of aryl methyl sites for hydroxylation is 2. The number of hydrogen-bond donors (Lipinski definition) is 4. The molecule has 0 atom stereocenters. The Bertz CT molecular complexity index is 2290. The first kappa shape index (κ1) is 57.6. The molecule has 0 spiro atoms. The van der Waals surface area contributed by atoms with Crippen LogP contribution >= 0.6 is 195 Å². The highest BCUT2D eigenvalue weighted by atomic mass is 127. The van der Waals surface area contributed by atoms with E-state index in [4.69, 9.17) is 43.9 Å². The normalized spacial score (nSPS) is 9.73. The molecule has 6 rings (SSSR count). The topological polar surface area (TPSA) is 130 Å². The van der Waals surface area contributed by atoms with E-state index >= 15 is 0 Å². The molecule has 0 aliphatic rings. The summed E-state index contributed by atoms with van der Waals surface area (Å²) >= 11 is 35.5. The molecule has 0 aliphatic carbocycles. The number of carbonyl (C=O) groups is 2. The van der Waals surface area contributed by atoms with Crippen LogP contribution < -0.4 is 10.5 Å². The second-order valence-electron chi connectivity index (χ2n) is 11.6. The molecule has 0 saturated carbocycles. The third kappa shape index (κ3) is 19.0. The van der Waals surface area contributed by atoms with Gasteiger partial charge in [-0.1, -0.05) is 87.7 Å². The van der Waals surface area contributed by atoms with E-state index in [1.807, 2.05) is 43.3 Å². The van der Waals surface area contributed by atoms with Crippen molar-refractivity contribution < 1.29 is 29.6 Å². The maximum Gasteiger partial charge on any atom is 0.153 e. The van der Waals surface area contributed by atoms with Gasteiger partial charge >= 0.3 is 0 Å². The highest BCUT2D eigenvalue weighted by Crippen LogP contribution is 2.33. The molecule has 7 nitrogen and oxygen atoms in total. The molecule has 0 unspecified atom stereocenters. The number of halogens is 11. The minimum atomic E-state index is -0.276. The molecular weight excluding hydrogens is 1590 g/mol. The van der Waals surface area contributed by atoms with E-state index in [0.717, 1.165) is 35.2 Å². The predicted octanol–water partition coefficient (Wildman–Crippen LogP) is 16.6. The molecule has 0 heterocycles. The number of nitrogen functional groups attached to an aromatic ring is 1. The van der Waals surface area contributed by atoms with Gasteiger partial charge in [-0.15, -0.1) is 24.0 Å². The van der Waals surface area contributed by atoms with Gasteiger partial charge in [0, 0.05) is 57.3 Å². The van der Waals surface area contributed by atoms with Gasteiger partial charge in [-0.05, 0) is 198 Å². The Kier molecular flexibility index (Phi) is 28.7. The molecule has 6 aromatic rings. The summed E-state index contributed by atoms with van der Waals surface area (Å²) in [6, 6.07) is 29.1. The lowest BCUT2D eigenvalue weighted by Crippen LogP contribution is -1.98. The van der Waals surface area contributed by atoms with Crippen LogP contribution in [0.5, 0.6) is 23.0 Å². The van der Waals surface area contributed by atoms with Gasteiger partial charge in [0.2, 0.25) is 0 Å². The Morgan fingerprint density at radius 3 is 1.50 bits per heavy atom. The Balaban J connectivity index is 0.000000391. The number of phenols is 3. The van der Waals surface area contributed by atoms with Gasteiger partial charge in [-0.25, -0.2) is 0 Å². The van der Waals surface area contributed by atoms with E-state index in [1.54, 1.807) is 0 Å². The van der Waals surface area contributed by atoms with Gasteiger partial charge in [0.25, 0.3) is 0 Å². The van der Waals surface area contributed by atoms with Crippen LogP contribution in [0.25, 0.3) is 0 Å². The lowest BCUT2D eigenvalue weighted by atomic mass is 10.2. The largest absolute Gasteiger partial charge is 0.507 e. The number of phenolic OH excluding ortho intramolecular Hbond substituents is 3. The molecule has 6 aromatic carbocycles. The van der Waals surface area contributed by atoms with Crippen LogP contribution in [0, 0.1) is 24.6 Å². The molecule has 0 amide bonds. The molecule has 5 N–H and O–H groups in total. The number of nitrogens with two attached hydrogens (primary N) is 1. The number of anilines is 1. The number of aromatic hydroxyl groups is 3. The van der Waals surface area contributed by atoms with E-state index in [9.17, 15) is 14.7 Å². The zero-order valence-corrected chi connectivity index (χ0v) is 49.4. The fraction of sp³-hybridized carbons (Fsp3) is 0.0952. The summed E-state index contributed by atoms with van der Waals surface area (Å²) in [6.07, 6.45) is 1.00. The van der Waals surface area contributed by atoms with Crippen LogP contribution in [0.15, 0.2) is 115 Å². The number of benzene rings is 6. The standard InChI is InChI=1S/C14H9BrClIO3.C7H5Br2I.C7H6BrI.C7H8BrN.C7H5ClO3.HI/c15-14-8(2-1-3-11(14)17)7-20-13-5-12(19)9(6-18)4-10(13)16;8-4-5-2-1-3-6(10)7(5)9;2*1-5-3-2-4-6(9)7(5)8;8-5-1-4(3-9)6(10)2-7(5)11;/h1-6,19H,7H2;1-3H,4H2;2-4H,1H3;2-4H,9H2,1H3;1-3,10-11H;1H. The van der Waals surface area contributed by atoms with Crippen LogP contribution in [0.1, 0.15) is 43.0 Å². The van der Waals surface area contributed by atoms with E-state index < -0.39 is 0 Å². The van der Waals surface area contributed by atoms with Gasteiger partial charge in [0.1, 0.15) is 29.6 Å².